The molecule has 0 aliphatic carbocycles. The molecule has 0 aromatic heterocycles. The van der Waals surface area contributed by atoms with E-state index in [-0.39, 0.29) is 17.9 Å². The van der Waals surface area contributed by atoms with Crippen LogP contribution in [0.25, 0.3) is 0 Å². The van der Waals surface area contributed by atoms with Crippen molar-refractivity contribution in [1.82, 2.24) is 15.1 Å². The molecule has 2 amide bonds. The molecule has 0 radical (unpaired) electrons. The molecule has 1 fully saturated rings. The normalized spacial score (nSPS) is 15.8. The molecule has 1 aliphatic heterocycles. The van der Waals surface area contributed by atoms with Crippen molar-refractivity contribution in [2.75, 3.05) is 39.3 Å². The number of benzene rings is 1. The van der Waals surface area contributed by atoms with Gasteiger partial charge in [-0.25, -0.2) is 4.79 Å². The lowest BCUT2D eigenvalue weighted by Crippen LogP contribution is -2.52. The lowest BCUT2D eigenvalue weighted by molar-refractivity contribution is -0.129. The molecule has 1 saturated heterocycles. The van der Waals surface area contributed by atoms with Gasteiger partial charge in [0.25, 0.3) is 5.91 Å². The summed E-state index contributed by atoms with van der Waals surface area (Å²) >= 11 is 0. The number of piperazine rings is 1. The molecule has 1 heterocycles. The molecule has 0 bridgehead atoms. The van der Waals surface area contributed by atoms with Crippen LogP contribution in [-0.2, 0) is 9.53 Å². The van der Waals surface area contributed by atoms with Gasteiger partial charge in [-0.2, -0.15) is 5.26 Å². The van der Waals surface area contributed by atoms with Crippen molar-refractivity contribution in [2.45, 2.75) is 46.3 Å². The number of rotatable bonds is 7. The van der Waals surface area contributed by atoms with Gasteiger partial charge in [-0.15, -0.1) is 0 Å². The van der Waals surface area contributed by atoms with E-state index in [0.29, 0.717) is 37.5 Å². The van der Waals surface area contributed by atoms with Gasteiger partial charge in [0.15, 0.2) is 6.10 Å². The van der Waals surface area contributed by atoms with E-state index in [4.69, 9.17) is 9.47 Å². The summed E-state index contributed by atoms with van der Waals surface area (Å²) in [4.78, 5) is 28.8. The molecule has 0 saturated carbocycles. The van der Waals surface area contributed by atoms with Crippen LogP contribution in [0, 0.1) is 17.2 Å². The van der Waals surface area contributed by atoms with E-state index < -0.39 is 11.7 Å². The molecule has 8 heteroatoms. The Balaban J connectivity index is 1.79. The number of ether oxygens (including phenoxy) is 2. The van der Waals surface area contributed by atoms with Crippen LogP contribution in [-0.4, -0.2) is 72.8 Å². The summed E-state index contributed by atoms with van der Waals surface area (Å²) in [5, 5.41) is 12.2. The molecular weight excluding hydrogens is 396 g/mol. The Morgan fingerprint density at radius 3 is 2.39 bits per heavy atom. The van der Waals surface area contributed by atoms with E-state index in [1.165, 1.54) is 0 Å². The zero-order valence-electron chi connectivity index (χ0n) is 19.2. The minimum atomic E-state index is -0.682. The van der Waals surface area contributed by atoms with E-state index >= 15 is 0 Å². The van der Waals surface area contributed by atoms with Gasteiger partial charge in [0.2, 0.25) is 0 Å². The van der Waals surface area contributed by atoms with E-state index in [9.17, 15) is 14.9 Å². The smallest absolute Gasteiger partial charge is 0.410 e. The first-order valence-electron chi connectivity index (χ1n) is 10.7. The number of carbonyl (C=O) groups is 2. The highest BCUT2D eigenvalue weighted by Gasteiger charge is 2.27. The van der Waals surface area contributed by atoms with Gasteiger partial charge in [-0.3, -0.25) is 9.69 Å². The topological polar surface area (TPSA) is 94.9 Å². The third-order valence-corrected chi connectivity index (χ3v) is 4.88. The Bertz CT molecular complexity index is 790. The predicted molar refractivity (Wildman–Crippen MR) is 118 cm³/mol. The summed E-state index contributed by atoms with van der Waals surface area (Å²) in [7, 11) is 0. The second kappa shape index (κ2) is 11.0. The second-order valence-corrected chi connectivity index (χ2v) is 8.99. The molecule has 1 aliphatic rings. The third-order valence-electron chi connectivity index (χ3n) is 4.88. The molecule has 0 spiro atoms. The number of hydrogen-bond donors (Lipinski definition) is 1. The van der Waals surface area contributed by atoms with Crippen molar-refractivity contribution in [2.24, 2.45) is 5.92 Å². The van der Waals surface area contributed by atoms with Crippen LogP contribution in [0.3, 0.4) is 0 Å². The molecule has 1 atom stereocenters. The van der Waals surface area contributed by atoms with E-state index in [1.807, 2.05) is 34.6 Å². The Hall–Kier alpha value is -2.79. The van der Waals surface area contributed by atoms with Gasteiger partial charge in [0, 0.05) is 39.3 Å². The largest absolute Gasteiger partial charge is 0.479 e. The first kappa shape index (κ1) is 24.5. The maximum absolute atomic E-state index is 12.7. The molecule has 31 heavy (non-hydrogen) atoms. The molecule has 1 aromatic carbocycles. The van der Waals surface area contributed by atoms with Crippen LogP contribution < -0.4 is 10.1 Å². The summed E-state index contributed by atoms with van der Waals surface area (Å²) in [6, 6.07) is 9.00. The predicted octanol–water partition coefficient (Wildman–Crippen LogP) is 2.63. The summed E-state index contributed by atoms with van der Waals surface area (Å²) in [6.07, 6.45) is -0.964. The number of nitrogens with zero attached hydrogens (tertiary/aromatic N) is 3. The maximum atomic E-state index is 12.7. The fourth-order valence-corrected chi connectivity index (χ4v) is 3.21. The summed E-state index contributed by atoms with van der Waals surface area (Å²) in [5.74, 6) is 0.163. The monoisotopic (exact) mass is 430 g/mol. The van der Waals surface area contributed by atoms with Crippen molar-refractivity contribution in [3.05, 3.63) is 29.8 Å². The minimum absolute atomic E-state index is 0.0517. The summed E-state index contributed by atoms with van der Waals surface area (Å²) in [6.45, 7) is 13.2. The van der Waals surface area contributed by atoms with Gasteiger partial charge in [0.1, 0.15) is 17.4 Å². The highest BCUT2D eigenvalue weighted by molar-refractivity contribution is 5.81. The third kappa shape index (κ3) is 7.76. The highest BCUT2D eigenvalue weighted by atomic mass is 16.6. The minimum Gasteiger partial charge on any atom is -0.479 e. The highest BCUT2D eigenvalue weighted by Crippen LogP contribution is 2.21. The molecular formula is C23H34N4O4. The zero-order chi connectivity index (χ0) is 23.0. The Labute approximate surface area is 185 Å². The van der Waals surface area contributed by atoms with Gasteiger partial charge < -0.3 is 19.7 Å². The lowest BCUT2D eigenvalue weighted by Gasteiger charge is -2.35. The molecule has 1 N–H and O–H groups in total. The first-order valence-corrected chi connectivity index (χ1v) is 10.7. The number of amides is 2. The van der Waals surface area contributed by atoms with E-state index in [0.717, 1.165) is 13.1 Å². The first-order chi connectivity index (χ1) is 14.6. The van der Waals surface area contributed by atoms with Crippen molar-refractivity contribution in [3.63, 3.8) is 0 Å². The number of nitrogens with one attached hydrogen (secondary N) is 1. The number of carbonyl (C=O) groups excluding carboxylic acids is 2. The van der Waals surface area contributed by atoms with Crippen molar-refractivity contribution in [1.29, 1.82) is 5.26 Å². The van der Waals surface area contributed by atoms with Crippen LogP contribution in [0.1, 0.15) is 40.2 Å². The summed E-state index contributed by atoms with van der Waals surface area (Å²) in [5.41, 5.74) is -0.0924. The fourth-order valence-electron chi connectivity index (χ4n) is 3.21. The number of hydrogen-bond acceptors (Lipinski definition) is 6. The number of nitriles is 1. The second-order valence-electron chi connectivity index (χ2n) is 8.99. The zero-order valence-corrected chi connectivity index (χ0v) is 19.2. The van der Waals surface area contributed by atoms with Crippen LogP contribution in [0.2, 0.25) is 0 Å². The van der Waals surface area contributed by atoms with Crippen LogP contribution in [0.15, 0.2) is 24.3 Å². The Kier molecular flexibility index (Phi) is 8.69. The standard InChI is InChI=1S/C23H34N4O4/c1-17(2)20(30-19-9-7-6-8-18(19)16-24)21(28)25-10-11-26-12-14-27(15-13-26)22(29)31-23(3,4)5/h6-9,17,20H,10-15H2,1-5H3,(H,25,28). The molecule has 1 unspecified atom stereocenters. The quantitative estimate of drug-likeness (QED) is 0.715. The molecule has 1 aromatic rings. The SMILES string of the molecule is CC(C)C(Oc1ccccc1C#N)C(=O)NCCN1CCN(C(=O)OC(C)(C)C)CC1. The Morgan fingerprint density at radius 2 is 1.81 bits per heavy atom. The average molecular weight is 431 g/mol. The van der Waals surface area contributed by atoms with E-state index in [2.05, 4.69) is 16.3 Å². The fraction of sp³-hybridized carbons (Fsp3) is 0.609. The molecule has 170 valence electrons. The Morgan fingerprint density at radius 1 is 1.16 bits per heavy atom. The van der Waals surface area contributed by atoms with Crippen LogP contribution >= 0.6 is 0 Å². The van der Waals surface area contributed by atoms with Gasteiger partial charge >= 0.3 is 6.09 Å². The molecule has 8 nitrogen and oxygen atoms in total. The summed E-state index contributed by atoms with van der Waals surface area (Å²) < 4.78 is 11.3. The van der Waals surface area contributed by atoms with Crippen molar-refractivity contribution < 1.29 is 19.1 Å². The van der Waals surface area contributed by atoms with Crippen LogP contribution in [0.5, 0.6) is 5.75 Å². The average Bonchev–Trinajstić information content (AvgIpc) is 2.71. The van der Waals surface area contributed by atoms with Crippen molar-refractivity contribution >= 4 is 12.0 Å². The lowest BCUT2D eigenvalue weighted by atomic mass is 10.1. The van der Waals surface area contributed by atoms with Gasteiger partial charge in [-0.05, 0) is 38.8 Å². The van der Waals surface area contributed by atoms with Crippen LogP contribution in [0.4, 0.5) is 4.79 Å². The van der Waals surface area contributed by atoms with E-state index in [1.54, 1.807) is 29.2 Å². The number of para-hydroxylation sites is 1. The maximum Gasteiger partial charge on any atom is 0.410 e. The van der Waals surface area contributed by atoms with Crippen molar-refractivity contribution in [3.8, 4) is 11.8 Å². The van der Waals surface area contributed by atoms with Gasteiger partial charge in [-0.1, -0.05) is 26.0 Å². The molecule has 2 rings (SSSR count). The van der Waals surface area contributed by atoms with Gasteiger partial charge in [0.05, 0.1) is 5.56 Å².